The number of amides is 2. The van der Waals surface area contributed by atoms with Crippen LogP contribution in [0.4, 0.5) is 9.93 Å². The molecule has 128 valence electrons. The summed E-state index contributed by atoms with van der Waals surface area (Å²) >= 11 is 1.36. The number of rotatable bonds is 3. The van der Waals surface area contributed by atoms with Gasteiger partial charge in [-0.1, -0.05) is 42.0 Å². The fourth-order valence-corrected chi connectivity index (χ4v) is 3.96. The Balaban J connectivity index is 1.73. The number of aromatic nitrogens is 2. The van der Waals surface area contributed by atoms with Crippen molar-refractivity contribution in [2.24, 2.45) is 5.92 Å². The van der Waals surface area contributed by atoms with Crippen LogP contribution in [-0.2, 0) is 0 Å². The van der Waals surface area contributed by atoms with E-state index >= 15 is 0 Å². The number of aryl methyl sites for hydroxylation is 2. The number of likely N-dealkylation sites (tertiary alicyclic amines) is 1. The molecule has 1 aromatic carbocycles. The van der Waals surface area contributed by atoms with Crippen molar-refractivity contribution in [2.75, 3.05) is 18.5 Å². The second-order valence-electron chi connectivity index (χ2n) is 6.37. The second kappa shape index (κ2) is 6.86. The molecule has 2 heterocycles. The Labute approximate surface area is 145 Å². The quantitative estimate of drug-likeness (QED) is 0.895. The molecule has 1 saturated heterocycles. The van der Waals surface area contributed by atoms with E-state index in [1.54, 1.807) is 4.90 Å². The zero-order chi connectivity index (χ0) is 17.3. The molecule has 0 saturated carbocycles. The number of hydrogen-bond acceptors (Lipinski definition) is 5. The molecule has 1 fully saturated rings. The average Bonchev–Trinajstić information content (AvgIpc) is 3.13. The van der Waals surface area contributed by atoms with Crippen molar-refractivity contribution >= 4 is 22.5 Å². The monoisotopic (exact) mass is 346 g/mol. The first-order valence-electron chi connectivity index (χ1n) is 8.09. The Hall–Kier alpha value is -1.99. The maximum absolute atomic E-state index is 12.4. The Morgan fingerprint density at radius 3 is 2.92 bits per heavy atom. The third-order valence-corrected chi connectivity index (χ3v) is 5.45. The van der Waals surface area contributed by atoms with E-state index in [-0.39, 0.29) is 18.7 Å². The summed E-state index contributed by atoms with van der Waals surface area (Å²) in [6.07, 6.45) is 0.905. The SMILES string of the molecule is Cc1ccc(-c2nnc(NC(=O)N3CC[C@@H](C)[C@H]3CO)s2)c(C)c1. The summed E-state index contributed by atoms with van der Waals surface area (Å²) in [7, 11) is 0. The van der Waals surface area contributed by atoms with Gasteiger partial charge >= 0.3 is 6.03 Å². The van der Waals surface area contributed by atoms with Crippen molar-refractivity contribution in [3.8, 4) is 10.6 Å². The number of anilines is 1. The molecule has 3 rings (SSSR count). The van der Waals surface area contributed by atoms with Crippen LogP contribution in [0, 0.1) is 19.8 Å². The summed E-state index contributed by atoms with van der Waals surface area (Å²) in [5.74, 6) is 0.306. The van der Waals surface area contributed by atoms with Crippen LogP contribution in [0.15, 0.2) is 18.2 Å². The highest BCUT2D eigenvalue weighted by Gasteiger charge is 2.34. The van der Waals surface area contributed by atoms with Crippen molar-refractivity contribution < 1.29 is 9.90 Å². The molecule has 2 aromatic rings. The molecule has 0 aliphatic carbocycles. The number of hydrogen-bond donors (Lipinski definition) is 2. The maximum atomic E-state index is 12.4. The molecule has 0 radical (unpaired) electrons. The fourth-order valence-electron chi connectivity index (χ4n) is 3.14. The maximum Gasteiger partial charge on any atom is 0.324 e. The summed E-state index contributed by atoms with van der Waals surface area (Å²) in [5.41, 5.74) is 3.37. The normalized spacial score (nSPS) is 20.4. The first kappa shape index (κ1) is 16.9. The van der Waals surface area contributed by atoms with Gasteiger partial charge in [-0.2, -0.15) is 0 Å². The number of carbonyl (C=O) groups is 1. The van der Waals surface area contributed by atoms with E-state index in [2.05, 4.69) is 35.4 Å². The van der Waals surface area contributed by atoms with Crippen LogP contribution in [0.2, 0.25) is 0 Å². The van der Waals surface area contributed by atoms with Gasteiger partial charge in [0, 0.05) is 12.1 Å². The first-order chi connectivity index (χ1) is 11.5. The number of benzene rings is 1. The molecule has 1 aliphatic heterocycles. The lowest BCUT2D eigenvalue weighted by Gasteiger charge is -2.24. The minimum Gasteiger partial charge on any atom is -0.394 e. The van der Waals surface area contributed by atoms with Crippen LogP contribution in [-0.4, -0.2) is 45.4 Å². The molecule has 1 aromatic heterocycles. The summed E-state index contributed by atoms with van der Waals surface area (Å²) < 4.78 is 0. The van der Waals surface area contributed by atoms with Gasteiger partial charge in [-0.15, -0.1) is 10.2 Å². The van der Waals surface area contributed by atoms with Gasteiger partial charge < -0.3 is 10.0 Å². The molecule has 2 amide bonds. The molecule has 2 atom stereocenters. The van der Waals surface area contributed by atoms with E-state index in [1.165, 1.54) is 16.9 Å². The highest BCUT2D eigenvalue weighted by molar-refractivity contribution is 7.18. The molecule has 6 nitrogen and oxygen atoms in total. The molecule has 0 bridgehead atoms. The highest BCUT2D eigenvalue weighted by atomic mass is 32.1. The third kappa shape index (κ3) is 3.27. The van der Waals surface area contributed by atoms with E-state index in [1.807, 2.05) is 19.1 Å². The molecular formula is C17H22N4O2S. The molecule has 7 heteroatoms. The Bertz CT molecular complexity index is 746. The van der Waals surface area contributed by atoms with Gasteiger partial charge in [-0.3, -0.25) is 5.32 Å². The molecule has 1 aliphatic rings. The van der Waals surface area contributed by atoms with Crippen molar-refractivity contribution in [1.29, 1.82) is 0 Å². The second-order valence-corrected chi connectivity index (χ2v) is 7.35. The number of urea groups is 1. The lowest BCUT2D eigenvalue weighted by molar-refractivity contribution is 0.152. The van der Waals surface area contributed by atoms with Gasteiger partial charge in [0.2, 0.25) is 5.13 Å². The van der Waals surface area contributed by atoms with E-state index in [4.69, 9.17) is 0 Å². The summed E-state index contributed by atoms with van der Waals surface area (Å²) in [5, 5.41) is 21.8. The number of aliphatic hydroxyl groups is 1. The van der Waals surface area contributed by atoms with E-state index < -0.39 is 0 Å². The molecule has 0 spiro atoms. The van der Waals surface area contributed by atoms with Gasteiger partial charge in [-0.25, -0.2) is 4.79 Å². The predicted octanol–water partition coefficient (Wildman–Crippen LogP) is 3.06. The van der Waals surface area contributed by atoms with Crippen LogP contribution in [0.25, 0.3) is 10.6 Å². The van der Waals surface area contributed by atoms with Crippen molar-refractivity contribution in [1.82, 2.24) is 15.1 Å². The van der Waals surface area contributed by atoms with Crippen LogP contribution in [0.5, 0.6) is 0 Å². The predicted molar refractivity (Wildman–Crippen MR) is 95.2 cm³/mol. The third-order valence-electron chi connectivity index (χ3n) is 4.58. The Morgan fingerprint density at radius 1 is 1.42 bits per heavy atom. The molecule has 0 unspecified atom stereocenters. The van der Waals surface area contributed by atoms with Crippen LogP contribution in [0.1, 0.15) is 24.5 Å². The topological polar surface area (TPSA) is 78.4 Å². The van der Waals surface area contributed by atoms with Crippen molar-refractivity contribution in [3.63, 3.8) is 0 Å². The van der Waals surface area contributed by atoms with E-state index in [9.17, 15) is 9.90 Å². The fraction of sp³-hybridized carbons (Fsp3) is 0.471. The average molecular weight is 346 g/mol. The standard InChI is InChI=1S/C17H22N4O2S/c1-10-4-5-13(12(3)8-10)15-19-20-16(24-15)18-17(23)21-7-6-11(2)14(21)9-22/h4-5,8,11,14,22H,6-7,9H2,1-3H3,(H,18,20,23)/t11-,14-/m1/s1. The van der Waals surface area contributed by atoms with Crippen molar-refractivity contribution in [3.05, 3.63) is 29.3 Å². The summed E-state index contributed by atoms with van der Waals surface area (Å²) in [6.45, 7) is 6.79. The lowest BCUT2D eigenvalue weighted by atomic mass is 10.0. The molecular weight excluding hydrogens is 324 g/mol. The minimum atomic E-state index is -0.221. The number of nitrogens with zero attached hydrogens (tertiary/aromatic N) is 3. The highest BCUT2D eigenvalue weighted by Crippen LogP contribution is 2.30. The Kier molecular flexibility index (Phi) is 4.82. The minimum absolute atomic E-state index is 0.0154. The van der Waals surface area contributed by atoms with Gasteiger partial charge in [0.15, 0.2) is 0 Å². The largest absolute Gasteiger partial charge is 0.394 e. The Morgan fingerprint density at radius 2 is 2.21 bits per heavy atom. The lowest BCUT2D eigenvalue weighted by Crippen LogP contribution is -2.42. The van der Waals surface area contributed by atoms with Crippen LogP contribution in [0.3, 0.4) is 0 Å². The van der Waals surface area contributed by atoms with Crippen molar-refractivity contribution in [2.45, 2.75) is 33.2 Å². The van der Waals surface area contributed by atoms with Gasteiger partial charge in [0.05, 0.1) is 12.6 Å². The number of nitrogens with one attached hydrogen (secondary N) is 1. The van der Waals surface area contributed by atoms with Gasteiger partial charge in [0.1, 0.15) is 5.01 Å². The number of aliphatic hydroxyl groups excluding tert-OH is 1. The number of carbonyl (C=O) groups excluding carboxylic acids is 1. The van der Waals surface area contributed by atoms with Gasteiger partial charge in [0.25, 0.3) is 0 Å². The zero-order valence-corrected chi connectivity index (χ0v) is 14.9. The van der Waals surface area contributed by atoms with E-state index in [0.29, 0.717) is 17.6 Å². The summed E-state index contributed by atoms with van der Waals surface area (Å²) in [6, 6.07) is 5.82. The summed E-state index contributed by atoms with van der Waals surface area (Å²) in [4.78, 5) is 14.1. The smallest absolute Gasteiger partial charge is 0.324 e. The first-order valence-corrected chi connectivity index (χ1v) is 8.91. The van der Waals surface area contributed by atoms with Crippen LogP contribution >= 0.6 is 11.3 Å². The van der Waals surface area contributed by atoms with E-state index in [0.717, 1.165) is 22.6 Å². The van der Waals surface area contributed by atoms with Crippen LogP contribution < -0.4 is 5.32 Å². The molecule has 2 N–H and O–H groups in total. The zero-order valence-electron chi connectivity index (χ0n) is 14.1. The molecule has 24 heavy (non-hydrogen) atoms. The van der Waals surface area contributed by atoms with Gasteiger partial charge in [-0.05, 0) is 31.7 Å².